The van der Waals surface area contributed by atoms with Gasteiger partial charge in [0.05, 0.1) is 13.7 Å². The first-order valence-corrected chi connectivity index (χ1v) is 14.0. The maximum atomic E-state index is 12.1. The molecular formula is C21H16Cl2N6O8S2. The third kappa shape index (κ3) is 6.49. The second-order valence-electron chi connectivity index (χ2n) is 7.63. The lowest BCUT2D eigenvalue weighted by atomic mass is 10.1. The monoisotopic (exact) mass is 614 g/mol. The Bertz CT molecular complexity index is 1830. The van der Waals surface area contributed by atoms with E-state index in [1.807, 2.05) is 0 Å². The molecule has 0 amide bonds. The number of azo groups is 1. The number of aromatic hydroxyl groups is 1. The van der Waals surface area contributed by atoms with Crippen LogP contribution in [0.1, 0.15) is 5.82 Å². The van der Waals surface area contributed by atoms with Crippen molar-refractivity contribution in [3.8, 4) is 11.5 Å². The summed E-state index contributed by atoms with van der Waals surface area (Å²) in [5.74, 6) is -0.397. The molecule has 4 N–H and O–H groups in total. The Kier molecular flexibility index (Phi) is 7.87. The molecule has 0 radical (unpaired) electrons. The lowest BCUT2D eigenvalue weighted by Crippen LogP contribution is -2.06. The molecule has 0 unspecified atom stereocenters. The van der Waals surface area contributed by atoms with Gasteiger partial charge in [0.15, 0.2) is 11.6 Å². The lowest BCUT2D eigenvalue weighted by molar-refractivity contribution is 0.412. The number of methoxy groups -OCH3 is 1. The Labute approximate surface area is 230 Å². The van der Waals surface area contributed by atoms with Crippen LogP contribution in [0.5, 0.6) is 11.5 Å². The number of halogens is 2. The number of anilines is 1. The van der Waals surface area contributed by atoms with E-state index in [1.165, 1.54) is 25.3 Å². The molecule has 0 aliphatic rings. The van der Waals surface area contributed by atoms with Crippen LogP contribution in [0.3, 0.4) is 0 Å². The van der Waals surface area contributed by atoms with Crippen molar-refractivity contribution in [3.05, 3.63) is 58.9 Å². The predicted octanol–water partition coefficient (Wildman–Crippen LogP) is 4.57. The van der Waals surface area contributed by atoms with E-state index in [1.54, 1.807) is 6.07 Å². The van der Waals surface area contributed by atoms with Gasteiger partial charge in [-0.05, 0) is 58.9 Å². The first-order chi connectivity index (χ1) is 18.3. The minimum absolute atomic E-state index is 0.0553. The summed E-state index contributed by atoms with van der Waals surface area (Å²) in [4.78, 5) is 10.0. The third-order valence-electron chi connectivity index (χ3n) is 5.11. The number of fused-ring (bicyclic) bond motifs is 1. The fourth-order valence-corrected chi connectivity index (χ4v) is 5.08. The molecule has 1 heterocycles. The summed E-state index contributed by atoms with van der Waals surface area (Å²) < 4.78 is 72.1. The second kappa shape index (κ2) is 10.8. The van der Waals surface area contributed by atoms with Gasteiger partial charge in [-0.15, -0.1) is 10.2 Å². The van der Waals surface area contributed by atoms with Crippen molar-refractivity contribution < 1.29 is 35.8 Å². The summed E-state index contributed by atoms with van der Waals surface area (Å²) in [6, 6.07) is 8.93. The smallest absolute Gasteiger partial charge is 0.296 e. The number of phenolic OH excluding ortho intramolecular Hbond substituents is 1. The zero-order valence-corrected chi connectivity index (χ0v) is 22.6. The standard InChI is InChI=1S/C21H16Cl2N6O8S2/c1-37-12-4-5-14(15(8-12)38(31,32)33)28-29-18-16(39(34,35)36)6-10-2-3-11(7-13(10)19(18)30)24-9-17-25-20(22)27-21(23)26-17/h2-8,24,30H,9H2,1H3,(H,31,32,33)(H,34,35,36). The highest BCUT2D eigenvalue weighted by Crippen LogP contribution is 2.42. The van der Waals surface area contributed by atoms with Crippen molar-refractivity contribution in [2.45, 2.75) is 16.3 Å². The summed E-state index contributed by atoms with van der Waals surface area (Å²) in [5.41, 5.74) is -0.656. The fraction of sp³-hybridized carbons (Fsp3) is 0.0952. The highest BCUT2D eigenvalue weighted by molar-refractivity contribution is 7.86. The van der Waals surface area contributed by atoms with Crippen LogP contribution in [0.25, 0.3) is 10.8 Å². The molecule has 4 rings (SSSR count). The normalized spacial score (nSPS) is 12.2. The molecule has 0 spiro atoms. The fourth-order valence-electron chi connectivity index (χ4n) is 3.38. The van der Waals surface area contributed by atoms with Gasteiger partial charge in [0, 0.05) is 17.1 Å². The summed E-state index contributed by atoms with van der Waals surface area (Å²) in [6.07, 6.45) is 0. The van der Waals surface area contributed by atoms with Crippen LogP contribution in [-0.4, -0.2) is 53.1 Å². The number of rotatable bonds is 8. The highest BCUT2D eigenvalue weighted by Gasteiger charge is 2.23. The summed E-state index contributed by atoms with van der Waals surface area (Å²) >= 11 is 11.5. The van der Waals surface area contributed by atoms with Crippen molar-refractivity contribution in [2.24, 2.45) is 10.2 Å². The summed E-state index contributed by atoms with van der Waals surface area (Å²) in [6.45, 7) is 0.0553. The predicted molar refractivity (Wildman–Crippen MR) is 140 cm³/mol. The molecule has 14 nitrogen and oxygen atoms in total. The van der Waals surface area contributed by atoms with Gasteiger partial charge in [-0.1, -0.05) is 6.07 Å². The minimum Gasteiger partial charge on any atom is -0.505 e. The van der Waals surface area contributed by atoms with Crippen LogP contribution in [0.2, 0.25) is 10.6 Å². The maximum Gasteiger partial charge on any atom is 0.296 e. The van der Waals surface area contributed by atoms with E-state index >= 15 is 0 Å². The average Bonchev–Trinajstić information content (AvgIpc) is 2.85. The zero-order chi connectivity index (χ0) is 28.5. The highest BCUT2D eigenvalue weighted by atomic mass is 35.5. The number of nitrogens with zero attached hydrogens (tertiary/aromatic N) is 5. The van der Waals surface area contributed by atoms with E-state index in [0.717, 1.165) is 18.2 Å². The van der Waals surface area contributed by atoms with E-state index in [2.05, 4.69) is 30.5 Å². The quantitative estimate of drug-likeness (QED) is 0.159. The van der Waals surface area contributed by atoms with Crippen LogP contribution in [0.15, 0.2) is 62.5 Å². The molecule has 0 saturated heterocycles. The van der Waals surface area contributed by atoms with Crippen molar-refractivity contribution in [2.75, 3.05) is 12.4 Å². The Morgan fingerprint density at radius 3 is 2.18 bits per heavy atom. The topological polar surface area (TPSA) is 214 Å². The molecule has 0 atom stereocenters. The van der Waals surface area contributed by atoms with Gasteiger partial charge in [0.2, 0.25) is 10.6 Å². The number of ether oxygens (including phenoxy) is 1. The SMILES string of the molecule is COc1ccc(N=Nc2c(S(=O)(=O)O)cc3ccc(NCc4nc(Cl)nc(Cl)n4)cc3c2O)c(S(=O)(=O)O)c1. The number of nitrogens with one attached hydrogen (secondary N) is 1. The zero-order valence-electron chi connectivity index (χ0n) is 19.4. The minimum atomic E-state index is -4.93. The Morgan fingerprint density at radius 1 is 0.897 bits per heavy atom. The molecule has 0 aliphatic carbocycles. The van der Waals surface area contributed by atoms with Gasteiger partial charge >= 0.3 is 0 Å². The lowest BCUT2D eigenvalue weighted by Gasteiger charge is -2.11. The Morgan fingerprint density at radius 2 is 1.56 bits per heavy atom. The third-order valence-corrected chi connectivity index (χ3v) is 7.20. The first kappa shape index (κ1) is 28.3. The molecule has 39 heavy (non-hydrogen) atoms. The summed E-state index contributed by atoms with van der Waals surface area (Å²) in [7, 11) is -8.46. The van der Waals surface area contributed by atoms with E-state index in [4.69, 9.17) is 27.9 Å². The molecule has 4 aromatic rings. The van der Waals surface area contributed by atoms with Gasteiger partial charge in [0.25, 0.3) is 20.2 Å². The molecule has 0 saturated carbocycles. The van der Waals surface area contributed by atoms with Crippen LogP contribution in [-0.2, 0) is 26.8 Å². The van der Waals surface area contributed by atoms with Crippen LogP contribution < -0.4 is 10.1 Å². The Balaban J connectivity index is 1.80. The molecule has 18 heteroatoms. The van der Waals surface area contributed by atoms with Crippen LogP contribution in [0, 0.1) is 0 Å². The average molecular weight is 615 g/mol. The largest absolute Gasteiger partial charge is 0.505 e. The van der Waals surface area contributed by atoms with Crippen molar-refractivity contribution in [1.82, 2.24) is 15.0 Å². The van der Waals surface area contributed by atoms with E-state index in [9.17, 15) is 31.0 Å². The van der Waals surface area contributed by atoms with Gasteiger partial charge in [-0.25, -0.2) is 9.97 Å². The number of hydrogen-bond donors (Lipinski definition) is 4. The maximum absolute atomic E-state index is 12.1. The van der Waals surface area contributed by atoms with Gasteiger partial charge in [-0.3, -0.25) is 9.11 Å². The number of aromatic nitrogens is 3. The number of phenols is 1. The van der Waals surface area contributed by atoms with Gasteiger partial charge in [0.1, 0.15) is 26.9 Å². The molecule has 3 aromatic carbocycles. The van der Waals surface area contributed by atoms with Crippen LogP contribution in [0.4, 0.5) is 17.1 Å². The van der Waals surface area contributed by atoms with E-state index in [-0.39, 0.29) is 39.5 Å². The molecule has 0 bridgehead atoms. The Hall–Kier alpha value is -3.67. The van der Waals surface area contributed by atoms with Crippen molar-refractivity contribution >= 4 is 71.3 Å². The van der Waals surface area contributed by atoms with Crippen molar-refractivity contribution in [1.29, 1.82) is 0 Å². The second-order valence-corrected chi connectivity index (χ2v) is 11.1. The van der Waals surface area contributed by atoms with E-state index < -0.39 is 47.2 Å². The van der Waals surface area contributed by atoms with Crippen molar-refractivity contribution in [3.63, 3.8) is 0 Å². The number of hydrogen-bond acceptors (Lipinski definition) is 12. The van der Waals surface area contributed by atoms with E-state index in [0.29, 0.717) is 5.69 Å². The molecule has 1 aromatic heterocycles. The van der Waals surface area contributed by atoms with Gasteiger partial charge in [-0.2, -0.15) is 21.8 Å². The molecule has 0 fully saturated rings. The molecule has 204 valence electrons. The molecular weight excluding hydrogens is 599 g/mol. The van der Waals surface area contributed by atoms with Crippen LogP contribution >= 0.6 is 23.2 Å². The summed E-state index contributed by atoms with van der Waals surface area (Å²) in [5, 5.41) is 21.4. The van der Waals surface area contributed by atoms with Gasteiger partial charge < -0.3 is 15.2 Å². The first-order valence-electron chi connectivity index (χ1n) is 10.4. The molecule has 0 aliphatic heterocycles. The number of benzene rings is 3.